The molecule has 18 heavy (non-hydrogen) atoms. The standard InChI is InChI=1S/C14H16O4/c1-18-12-6-4-9(5-7-12)13(15)10-2-3-11(8-10)14(16)17/h4-7,10-11H,2-3,8H2,1H3,(H,16,17). The van der Waals surface area contributed by atoms with E-state index in [4.69, 9.17) is 9.84 Å². The molecule has 0 aliphatic heterocycles. The van der Waals surface area contributed by atoms with Gasteiger partial charge < -0.3 is 9.84 Å². The summed E-state index contributed by atoms with van der Waals surface area (Å²) in [5.41, 5.74) is 0.631. The van der Waals surface area contributed by atoms with E-state index in [2.05, 4.69) is 0 Å². The quantitative estimate of drug-likeness (QED) is 0.831. The highest BCUT2D eigenvalue weighted by Gasteiger charge is 2.34. The van der Waals surface area contributed by atoms with E-state index in [-0.39, 0.29) is 17.6 Å². The number of ketones is 1. The summed E-state index contributed by atoms with van der Waals surface area (Å²) in [6, 6.07) is 6.96. The molecule has 2 atom stereocenters. The van der Waals surface area contributed by atoms with Crippen molar-refractivity contribution < 1.29 is 19.4 Å². The van der Waals surface area contributed by atoms with Crippen molar-refractivity contribution in [2.45, 2.75) is 19.3 Å². The van der Waals surface area contributed by atoms with Gasteiger partial charge in [0.2, 0.25) is 0 Å². The number of carbonyl (C=O) groups is 2. The Bertz CT molecular complexity index is 449. The second kappa shape index (κ2) is 5.21. The van der Waals surface area contributed by atoms with E-state index in [1.54, 1.807) is 31.4 Å². The number of methoxy groups -OCH3 is 1. The van der Waals surface area contributed by atoms with Crippen molar-refractivity contribution in [3.8, 4) is 5.75 Å². The normalized spacial score (nSPS) is 22.7. The first-order chi connectivity index (χ1) is 8.61. The predicted octanol–water partition coefficient (Wildman–Crippen LogP) is 2.38. The third-order valence-electron chi connectivity index (χ3n) is 3.53. The van der Waals surface area contributed by atoms with Gasteiger partial charge in [-0.2, -0.15) is 0 Å². The van der Waals surface area contributed by atoms with E-state index < -0.39 is 5.97 Å². The minimum Gasteiger partial charge on any atom is -0.497 e. The molecule has 1 aliphatic carbocycles. The van der Waals surface area contributed by atoms with E-state index in [9.17, 15) is 9.59 Å². The summed E-state index contributed by atoms with van der Waals surface area (Å²) in [5.74, 6) is -0.556. The average molecular weight is 248 g/mol. The lowest BCUT2D eigenvalue weighted by Gasteiger charge is -2.09. The Morgan fingerprint density at radius 2 is 1.78 bits per heavy atom. The number of carboxylic acids is 1. The van der Waals surface area contributed by atoms with Crippen molar-refractivity contribution in [3.05, 3.63) is 29.8 Å². The number of hydrogen-bond donors (Lipinski definition) is 1. The van der Waals surface area contributed by atoms with Crippen molar-refractivity contribution in [2.24, 2.45) is 11.8 Å². The minimum atomic E-state index is -0.792. The molecule has 2 rings (SSSR count). The molecular formula is C14H16O4. The van der Waals surface area contributed by atoms with Crippen LogP contribution in [0.4, 0.5) is 0 Å². The van der Waals surface area contributed by atoms with E-state index in [1.807, 2.05) is 0 Å². The molecular weight excluding hydrogens is 232 g/mol. The average Bonchev–Trinajstić information content (AvgIpc) is 2.88. The molecule has 1 fully saturated rings. The van der Waals surface area contributed by atoms with Crippen molar-refractivity contribution in [3.63, 3.8) is 0 Å². The van der Waals surface area contributed by atoms with Crippen LogP contribution in [0.1, 0.15) is 29.6 Å². The number of carboxylic acid groups (broad SMARTS) is 1. The Balaban J connectivity index is 2.05. The molecule has 1 saturated carbocycles. The van der Waals surface area contributed by atoms with Crippen molar-refractivity contribution in [2.75, 3.05) is 7.11 Å². The number of benzene rings is 1. The molecule has 2 unspecified atom stereocenters. The molecule has 96 valence electrons. The first kappa shape index (κ1) is 12.6. The van der Waals surface area contributed by atoms with Gasteiger partial charge in [0.15, 0.2) is 5.78 Å². The van der Waals surface area contributed by atoms with E-state index in [0.29, 0.717) is 30.6 Å². The number of Topliss-reactive ketones (excluding diaryl/α,β-unsaturated/α-hetero) is 1. The van der Waals surface area contributed by atoms with Crippen LogP contribution in [0.5, 0.6) is 5.75 Å². The van der Waals surface area contributed by atoms with Gasteiger partial charge in [-0.05, 0) is 43.5 Å². The SMILES string of the molecule is COc1ccc(C(=O)C2CCC(C(=O)O)C2)cc1. The van der Waals surface area contributed by atoms with E-state index in [1.165, 1.54) is 0 Å². The Kier molecular flexibility index (Phi) is 3.65. The maximum absolute atomic E-state index is 12.2. The molecule has 4 nitrogen and oxygen atoms in total. The summed E-state index contributed by atoms with van der Waals surface area (Å²) >= 11 is 0. The molecule has 0 saturated heterocycles. The monoisotopic (exact) mass is 248 g/mol. The number of aliphatic carboxylic acids is 1. The summed E-state index contributed by atoms with van der Waals surface area (Å²) in [5, 5.41) is 8.92. The molecule has 1 aliphatic rings. The Morgan fingerprint density at radius 1 is 1.17 bits per heavy atom. The van der Waals surface area contributed by atoms with Crippen molar-refractivity contribution >= 4 is 11.8 Å². The van der Waals surface area contributed by atoms with Crippen LogP contribution in [-0.4, -0.2) is 24.0 Å². The van der Waals surface area contributed by atoms with Gasteiger partial charge in [0.05, 0.1) is 13.0 Å². The molecule has 0 bridgehead atoms. The molecule has 0 spiro atoms. The van der Waals surface area contributed by atoms with Gasteiger partial charge in [-0.3, -0.25) is 9.59 Å². The third-order valence-corrected chi connectivity index (χ3v) is 3.53. The van der Waals surface area contributed by atoms with Gasteiger partial charge in [-0.15, -0.1) is 0 Å². The van der Waals surface area contributed by atoms with Crippen LogP contribution in [0.2, 0.25) is 0 Å². The molecule has 0 radical (unpaired) electrons. The fourth-order valence-corrected chi connectivity index (χ4v) is 2.43. The number of rotatable bonds is 4. The molecule has 1 N–H and O–H groups in total. The first-order valence-electron chi connectivity index (χ1n) is 6.03. The van der Waals surface area contributed by atoms with Crippen LogP contribution in [0, 0.1) is 11.8 Å². The second-order valence-corrected chi connectivity index (χ2v) is 4.64. The van der Waals surface area contributed by atoms with Gasteiger partial charge in [-0.1, -0.05) is 0 Å². The van der Waals surface area contributed by atoms with E-state index >= 15 is 0 Å². The van der Waals surface area contributed by atoms with Gasteiger partial charge in [0.25, 0.3) is 0 Å². The van der Waals surface area contributed by atoms with Gasteiger partial charge in [-0.25, -0.2) is 0 Å². The van der Waals surface area contributed by atoms with Gasteiger partial charge >= 0.3 is 5.97 Å². The molecule has 0 amide bonds. The fraction of sp³-hybridized carbons (Fsp3) is 0.429. The van der Waals surface area contributed by atoms with Crippen LogP contribution >= 0.6 is 0 Å². The smallest absolute Gasteiger partial charge is 0.306 e. The minimum absolute atomic E-state index is 0.0430. The maximum Gasteiger partial charge on any atom is 0.306 e. The Morgan fingerprint density at radius 3 is 2.28 bits per heavy atom. The summed E-state index contributed by atoms with van der Waals surface area (Å²) in [6.07, 6.45) is 1.73. The molecule has 0 aromatic heterocycles. The van der Waals surface area contributed by atoms with Crippen LogP contribution in [0.3, 0.4) is 0 Å². The van der Waals surface area contributed by atoms with Crippen LogP contribution in [0.15, 0.2) is 24.3 Å². The van der Waals surface area contributed by atoms with Gasteiger partial charge in [0, 0.05) is 11.5 Å². The van der Waals surface area contributed by atoms with Gasteiger partial charge in [0.1, 0.15) is 5.75 Å². The zero-order chi connectivity index (χ0) is 13.1. The van der Waals surface area contributed by atoms with Crippen LogP contribution in [0.25, 0.3) is 0 Å². The summed E-state index contributed by atoms with van der Waals surface area (Å²) < 4.78 is 5.03. The lowest BCUT2D eigenvalue weighted by molar-refractivity contribution is -0.141. The number of carbonyl (C=O) groups excluding carboxylic acids is 1. The largest absolute Gasteiger partial charge is 0.497 e. The predicted molar refractivity (Wildman–Crippen MR) is 65.8 cm³/mol. The zero-order valence-corrected chi connectivity index (χ0v) is 10.3. The Hall–Kier alpha value is -1.84. The lowest BCUT2D eigenvalue weighted by atomic mass is 9.95. The number of ether oxygens (including phenoxy) is 1. The number of hydrogen-bond acceptors (Lipinski definition) is 3. The van der Waals surface area contributed by atoms with Crippen LogP contribution < -0.4 is 4.74 Å². The third kappa shape index (κ3) is 2.53. The summed E-state index contributed by atoms with van der Waals surface area (Å²) in [6.45, 7) is 0. The molecule has 4 heteroatoms. The molecule has 0 heterocycles. The highest BCUT2D eigenvalue weighted by atomic mass is 16.5. The molecule has 1 aromatic carbocycles. The highest BCUT2D eigenvalue weighted by Crippen LogP contribution is 2.33. The molecule has 1 aromatic rings. The summed E-state index contributed by atoms with van der Waals surface area (Å²) in [7, 11) is 1.57. The lowest BCUT2D eigenvalue weighted by Crippen LogP contribution is -2.14. The van der Waals surface area contributed by atoms with Crippen molar-refractivity contribution in [1.82, 2.24) is 0 Å². The fourth-order valence-electron chi connectivity index (χ4n) is 2.43. The zero-order valence-electron chi connectivity index (χ0n) is 10.3. The second-order valence-electron chi connectivity index (χ2n) is 4.64. The van der Waals surface area contributed by atoms with E-state index in [0.717, 1.165) is 0 Å². The Labute approximate surface area is 106 Å². The van der Waals surface area contributed by atoms with Crippen LogP contribution in [-0.2, 0) is 4.79 Å². The topological polar surface area (TPSA) is 63.6 Å². The highest BCUT2D eigenvalue weighted by molar-refractivity contribution is 5.98. The summed E-state index contributed by atoms with van der Waals surface area (Å²) in [4.78, 5) is 23.0. The van der Waals surface area contributed by atoms with Crippen molar-refractivity contribution in [1.29, 1.82) is 0 Å². The maximum atomic E-state index is 12.2. The first-order valence-corrected chi connectivity index (χ1v) is 6.03.